The molecule has 1 unspecified atom stereocenters. The van der Waals surface area contributed by atoms with Crippen molar-refractivity contribution in [3.05, 3.63) is 35.9 Å². The number of amides is 1. The van der Waals surface area contributed by atoms with Gasteiger partial charge in [0, 0.05) is 6.42 Å². The highest BCUT2D eigenvalue weighted by Crippen LogP contribution is 2.09. The maximum absolute atomic E-state index is 12.6. The fourth-order valence-corrected chi connectivity index (χ4v) is 2.59. The number of carbonyl (C=O) groups is 3. The van der Waals surface area contributed by atoms with Crippen LogP contribution >= 0.6 is 0 Å². The molecule has 0 aliphatic rings. The van der Waals surface area contributed by atoms with E-state index in [1.54, 1.807) is 6.92 Å². The van der Waals surface area contributed by atoms with Crippen molar-refractivity contribution in [3.8, 4) is 0 Å². The Morgan fingerprint density at radius 3 is 2.19 bits per heavy atom. The number of hydrogen-bond donors (Lipinski definition) is 3. The van der Waals surface area contributed by atoms with Crippen LogP contribution in [0.5, 0.6) is 0 Å². The third kappa shape index (κ3) is 7.23. The minimum atomic E-state index is -1.11. The standard InChI is InChI=1S/C19H28N2O5/c1-12(2)10-15(20-13(3)19(25)26-4)17(22)21-16(18(23)24)11-14-8-6-5-7-9-14/h5-9,12-13,15-16,20H,10-11H2,1-4H3,(H,21,22)(H,23,24)/t13?,15-,16-/m0/s1. The number of ether oxygens (including phenoxy) is 1. The van der Waals surface area contributed by atoms with Crippen LogP contribution in [0.25, 0.3) is 0 Å². The Kier molecular flexibility index (Phi) is 8.78. The topological polar surface area (TPSA) is 105 Å². The molecule has 144 valence electrons. The largest absolute Gasteiger partial charge is 0.480 e. The molecule has 7 nitrogen and oxygen atoms in total. The number of carboxylic acid groups (broad SMARTS) is 1. The highest BCUT2D eigenvalue weighted by atomic mass is 16.5. The molecule has 0 bridgehead atoms. The lowest BCUT2D eigenvalue weighted by Gasteiger charge is -2.25. The van der Waals surface area contributed by atoms with E-state index in [1.807, 2.05) is 44.2 Å². The van der Waals surface area contributed by atoms with E-state index in [-0.39, 0.29) is 12.3 Å². The zero-order valence-electron chi connectivity index (χ0n) is 15.7. The molecule has 3 atom stereocenters. The Bertz CT molecular complexity index is 603. The summed E-state index contributed by atoms with van der Waals surface area (Å²) in [5.41, 5.74) is 0.816. The second-order valence-electron chi connectivity index (χ2n) is 6.68. The van der Waals surface area contributed by atoms with Gasteiger partial charge in [-0.05, 0) is 24.8 Å². The molecule has 0 aromatic heterocycles. The van der Waals surface area contributed by atoms with Crippen LogP contribution in [-0.4, -0.2) is 48.2 Å². The molecule has 1 rings (SSSR count). The van der Waals surface area contributed by atoms with Crippen LogP contribution < -0.4 is 10.6 Å². The van der Waals surface area contributed by atoms with E-state index in [1.165, 1.54) is 7.11 Å². The Labute approximate surface area is 154 Å². The monoisotopic (exact) mass is 364 g/mol. The molecule has 3 N–H and O–H groups in total. The second kappa shape index (κ2) is 10.6. The van der Waals surface area contributed by atoms with Crippen LogP contribution in [0.3, 0.4) is 0 Å². The van der Waals surface area contributed by atoms with Gasteiger partial charge in [0.25, 0.3) is 0 Å². The smallest absolute Gasteiger partial charge is 0.326 e. The summed E-state index contributed by atoms with van der Waals surface area (Å²) < 4.78 is 4.67. The van der Waals surface area contributed by atoms with Gasteiger partial charge in [-0.25, -0.2) is 4.79 Å². The van der Waals surface area contributed by atoms with Crippen LogP contribution in [0.2, 0.25) is 0 Å². The fraction of sp³-hybridized carbons (Fsp3) is 0.526. The van der Waals surface area contributed by atoms with Crippen LogP contribution in [0.15, 0.2) is 30.3 Å². The summed E-state index contributed by atoms with van der Waals surface area (Å²) in [5, 5.41) is 15.0. The van der Waals surface area contributed by atoms with E-state index in [2.05, 4.69) is 15.4 Å². The Morgan fingerprint density at radius 1 is 1.08 bits per heavy atom. The fourth-order valence-electron chi connectivity index (χ4n) is 2.59. The summed E-state index contributed by atoms with van der Waals surface area (Å²) in [6.07, 6.45) is 0.647. The van der Waals surface area contributed by atoms with Crippen LogP contribution in [-0.2, 0) is 25.5 Å². The first-order chi connectivity index (χ1) is 12.2. The SMILES string of the molecule is COC(=O)C(C)N[C@@H](CC(C)C)C(=O)N[C@@H](Cc1ccccc1)C(=O)O. The molecule has 26 heavy (non-hydrogen) atoms. The number of rotatable bonds is 10. The third-order valence-electron chi connectivity index (χ3n) is 3.93. The van der Waals surface area contributed by atoms with Crippen molar-refractivity contribution in [2.24, 2.45) is 5.92 Å². The lowest BCUT2D eigenvalue weighted by Crippen LogP contribution is -2.54. The number of benzene rings is 1. The van der Waals surface area contributed by atoms with Gasteiger partial charge >= 0.3 is 11.9 Å². The molecule has 1 aromatic carbocycles. The Morgan fingerprint density at radius 2 is 1.69 bits per heavy atom. The van der Waals surface area contributed by atoms with Crippen molar-refractivity contribution >= 4 is 17.8 Å². The lowest BCUT2D eigenvalue weighted by atomic mass is 10.0. The summed E-state index contributed by atoms with van der Waals surface area (Å²) >= 11 is 0. The molecule has 0 aliphatic heterocycles. The van der Waals surface area contributed by atoms with Gasteiger partial charge in [0.2, 0.25) is 5.91 Å². The number of carboxylic acids is 1. The summed E-state index contributed by atoms with van der Waals surface area (Å²) in [4.78, 5) is 35.8. The molecule has 1 amide bonds. The Hall–Kier alpha value is -2.41. The van der Waals surface area contributed by atoms with Gasteiger partial charge in [-0.1, -0.05) is 44.2 Å². The molecule has 7 heteroatoms. The average molecular weight is 364 g/mol. The summed E-state index contributed by atoms with van der Waals surface area (Å²) in [6.45, 7) is 5.50. The highest BCUT2D eigenvalue weighted by molar-refractivity contribution is 5.87. The molecular weight excluding hydrogens is 336 g/mol. The number of aliphatic carboxylic acids is 1. The maximum atomic E-state index is 12.6. The normalized spacial score (nSPS) is 14.3. The first-order valence-electron chi connectivity index (χ1n) is 8.65. The predicted molar refractivity (Wildman–Crippen MR) is 97.6 cm³/mol. The van der Waals surface area contributed by atoms with Gasteiger partial charge in [0.15, 0.2) is 0 Å². The van der Waals surface area contributed by atoms with E-state index in [0.717, 1.165) is 5.56 Å². The molecule has 0 saturated carbocycles. The summed E-state index contributed by atoms with van der Waals surface area (Å²) in [5.74, 6) is -1.85. The molecule has 0 saturated heterocycles. The van der Waals surface area contributed by atoms with E-state index in [9.17, 15) is 19.5 Å². The first kappa shape index (κ1) is 21.6. The van der Waals surface area contributed by atoms with Crippen molar-refractivity contribution in [2.45, 2.75) is 51.7 Å². The van der Waals surface area contributed by atoms with Crippen LogP contribution in [0.1, 0.15) is 32.8 Å². The van der Waals surface area contributed by atoms with E-state index < -0.39 is 36.0 Å². The molecule has 1 aromatic rings. The zero-order valence-corrected chi connectivity index (χ0v) is 15.7. The summed E-state index contributed by atoms with van der Waals surface area (Å²) in [7, 11) is 1.28. The van der Waals surface area contributed by atoms with E-state index >= 15 is 0 Å². The lowest BCUT2D eigenvalue weighted by molar-refractivity contribution is -0.144. The molecule has 0 fully saturated rings. The summed E-state index contributed by atoms with van der Waals surface area (Å²) in [6, 6.07) is 6.68. The van der Waals surface area contributed by atoms with Gasteiger partial charge < -0.3 is 15.2 Å². The zero-order chi connectivity index (χ0) is 19.7. The van der Waals surface area contributed by atoms with Gasteiger partial charge in [0.05, 0.1) is 13.2 Å². The maximum Gasteiger partial charge on any atom is 0.326 e. The number of nitrogens with one attached hydrogen (secondary N) is 2. The van der Waals surface area contributed by atoms with Gasteiger partial charge in [0.1, 0.15) is 12.1 Å². The van der Waals surface area contributed by atoms with Gasteiger partial charge in [-0.15, -0.1) is 0 Å². The van der Waals surface area contributed by atoms with Gasteiger partial charge in [-0.2, -0.15) is 0 Å². The first-order valence-corrected chi connectivity index (χ1v) is 8.65. The van der Waals surface area contributed by atoms with Crippen molar-refractivity contribution in [2.75, 3.05) is 7.11 Å². The molecule has 0 spiro atoms. The van der Waals surface area contributed by atoms with Crippen molar-refractivity contribution < 1.29 is 24.2 Å². The number of methoxy groups -OCH3 is 1. The van der Waals surface area contributed by atoms with Crippen molar-refractivity contribution in [1.82, 2.24) is 10.6 Å². The molecule has 0 radical (unpaired) electrons. The third-order valence-corrected chi connectivity index (χ3v) is 3.93. The Balaban J connectivity index is 2.83. The number of esters is 1. The minimum absolute atomic E-state index is 0.181. The van der Waals surface area contributed by atoms with Gasteiger partial charge in [-0.3, -0.25) is 14.9 Å². The predicted octanol–water partition coefficient (Wildman–Crippen LogP) is 1.36. The van der Waals surface area contributed by atoms with Crippen molar-refractivity contribution in [3.63, 3.8) is 0 Å². The number of carbonyl (C=O) groups excluding carboxylic acids is 2. The van der Waals surface area contributed by atoms with E-state index in [4.69, 9.17) is 0 Å². The minimum Gasteiger partial charge on any atom is -0.480 e. The van der Waals surface area contributed by atoms with Crippen LogP contribution in [0, 0.1) is 5.92 Å². The second-order valence-corrected chi connectivity index (χ2v) is 6.68. The van der Waals surface area contributed by atoms with E-state index in [0.29, 0.717) is 6.42 Å². The van der Waals surface area contributed by atoms with Crippen molar-refractivity contribution in [1.29, 1.82) is 0 Å². The molecule has 0 heterocycles. The quantitative estimate of drug-likeness (QED) is 0.542. The molecular formula is C19H28N2O5. The molecule has 0 aliphatic carbocycles. The highest BCUT2D eigenvalue weighted by Gasteiger charge is 2.28. The number of hydrogen-bond acceptors (Lipinski definition) is 5. The average Bonchev–Trinajstić information content (AvgIpc) is 2.60. The van der Waals surface area contributed by atoms with Crippen LogP contribution in [0.4, 0.5) is 0 Å².